The van der Waals surface area contributed by atoms with E-state index in [9.17, 15) is 9.59 Å². The molecule has 2 aliphatic heterocycles. The van der Waals surface area contributed by atoms with Gasteiger partial charge in [0.2, 0.25) is 5.91 Å². The third-order valence-corrected chi connectivity index (χ3v) is 7.84. The number of rotatable bonds is 3. The van der Waals surface area contributed by atoms with Crippen LogP contribution in [0.2, 0.25) is 5.02 Å². The molecule has 1 saturated carbocycles. The van der Waals surface area contributed by atoms with E-state index < -0.39 is 5.41 Å². The third-order valence-electron chi connectivity index (χ3n) is 7.59. The number of likely N-dealkylation sites (N-methyl/N-ethyl adjacent to an activating group) is 1. The maximum absolute atomic E-state index is 14.0. The van der Waals surface area contributed by atoms with Crippen LogP contribution in [0.1, 0.15) is 33.8 Å². The van der Waals surface area contributed by atoms with Gasteiger partial charge in [-0.25, -0.2) is 0 Å². The van der Waals surface area contributed by atoms with Crippen LogP contribution in [-0.4, -0.2) is 54.8 Å². The molecule has 0 radical (unpaired) electrons. The number of benzene rings is 3. The molecule has 6 rings (SSSR count). The summed E-state index contributed by atoms with van der Waals surface area (Å²) < 4.78 is 0. The highest BCUT2D eigenvalue weighted by Crippen LogP contribution is 2.67. The molecule has 6 heteroatoms. The summed E-state index contributed by atoms with van der Waals surface area (Å²) in [6, 6.07) is 23.4. The summed E-state index contributed by atoms with van der Waals surface area (Å²) in [4.78, 5) is 33.2. The molecule has 0 bridgehead atoms. The fourth-order valence-electron chi connectivity index (χ4n) is 5.59. The van der Waals surface area contributed by atoms with Crippen molar-refractivity contribution in [3.8, 4) is 0 Å². The van der Waals surface area contributed by atoms with Crippen molar-refractivity contribution in [3.63, 3.8) is 0 Å². The zero-order valence-corrected chi connectivity index (χ0v) is 19.8. The van der Waals surface area contributed by atoms with Crippen LogP contribution in [0.25, 0.3) is 0 Å². The number of nitrogens with zero attached hydrogens (tertiary/aromatic N) is 3. The molecule has 1 saturated heterocycles. The van der Waals surface area contributed by atoms with Gasteiger partial charge in [0.25, 0.3) is 5.91 Å². The highest BCUT2D eigenvalue weighted by Gasteiger charge is 2.67. The fraction of sp³-hybridized carbons (Fsp3) is 0.286. The smallest absolute Gasteiger partial charge is 0.254 e. The van der Waals surface area contributed by atoms with Gasteiger partial charge in [0.05, 0.1) is 11.1 Å². The van der Waals surface area contributed by atoms with Crippen LogP contribution < -0.4 is 4.90 Å². The fourth-order valence-corrected chi connectivity index (χ4v) is 5.72. The number of carbonyl (C=O) groups is 2. The minimum atomic E-state index is -0.554. The van der Waals surface area contributed by atoms with Crippen LogP contribution in [0.15, 0.2) is 72.8 Å². The lowest BCUT2D eigenvalue weighted by Gasteiger charge is -2.32. The number of fused-ring (bicyclic) bond motifs is 2. The van der Waals surface area contributed by atoms with E-state index in [1.807, 2.05) is 76.5 Å². The molecule has 0 aromatic heterocycles. The Morgan fingerprint density at radius 1 is 0.941 bits per heavy atom. The van der Waals surface area contributed by atoms with Gasteiger partial charge in [-0.3, -0.25) is 14.5 Å². The quantitative estimate of drug-likeness (QED) is 0.549. The van der Waals surface area contributed by atoms with Crippen molar-refractivity contribution >= 4 is 34.8 Å². The normalized spacial score (nSPS) is 23.9. The van der Waals surface area contributed by atoms with Gasteiger partial charge < -0.3 is 9.80 Å². The third kappa shape index (κ3) is 3.26. The lowest BCUT2D eigenvalue weighted by molar-refractivity contribution is -0.119. The Morgan fingerprint density at radius 2 is 1.68 bits per heavy atom. The van der Waals surface area contributed by atoms with E-state index in [0.717, 1.165) is 55.1 Å². The molecule has 2 heterocycles. The van der Waals surface area contributed by atoms with E-state index in [1.165, 1.54) is 0 Å². The van der Waals surface area contributed by atoms with E-state index in [1.54, 1.807) is 0 Å². The summed E-state index contributed by atoms with van der Waals surface area (Å²) in [5.41, 5.74) is 3.92. The highest BCUT2D eigenvalue weighted by molar-refractivity contribution is 6.30. The average Bonchev–Trinajstić information content (AvgIpc) is 3.56. The summed E-state index contributed by atoms with van der Waals surface area (Å²) in [5.74, 6) is 0.228. The van der Waals surface area contributed by atoms with E-state index in [2.05, 4.69) is 18.0 Å². The monoisotopic (exact) mass is 471 g/mol. The second-order valence-electron chi connectivity index (χ2n) is 9.58. The second kappa shape index (κ2) is 7.97. The van der Waals surface area contributed by atoms with Crippen LogP contribution in [0.3, 0.4) is 0 Å². The van der Waals surface area contributed by atoms with Gasteiger partial charge in [-0.1, -0.05) is 48.0 Å². The maximum atomic E-state index is 14.0. The van der Waals surface area contributed by atoms with E-state index in [0.29, 0.717) is 10.6 Å². The molecule has 2 fully saturated rings. The molecule has 1 aliphatic carbocycles. The van der Waals surface area contributed by atoms with Crippen LogP contribution >= 0.6 is 11.6 Å². The van der Waals surface area contributed by atoms with Crippen LogP contribution in [0, 0.1) is 0 Å². The maximum Gasteiger partial charge on any atom is 0.254 e. The SMILES string of the molecule is CN1CCN(C(=O)c2cccc(N3C(=O)[C@]4(C[C@@H]4c4ccc(Cl)cc4)c4ccccc43)c2)CC1. The van der Waals surface area contributed by atoms with E-state index in [4.69, 9.17) is 11.6 Å². The Balaban J connectivity index is 1.34. The number of para-hydroxylation sites is 1. The topological polar surface area (TPSA) is 43.9 Å². The molecule has 2 amide bonds. The van der Waals surface area contributed by atoms with Gasteiger partial charge in [0.1, 0.15) is 0 Å². The number of hydrogen-bond donors (Lipinski definition) is 0. The lowest BCUT2D eigenvalue weighted by atomic mass is 9.92. The zero-order valence-electron chi connectivity index (χ0n) is 19.1. The molecule has 2 atom stereocenters. The van der Waals surface area contributed by atoms with Crippen molar-refractivity contribution in [2.75, 3.05) is 38.1 Å². The lowest BCUT2D eigenvalue weighted by Crippen LogP contribution is -2.47. The van der Waals surface area contributed by atoms with Crippen molar-refractivity contribution in [2.24, 2.45) is 0 Å². The number of hydrogen-bond acceptors (Lipinski definition) is 3. The molecule has 3 aromatic carbocycles. The Bertz CT molecular complexity index is 1280. The van der Waals surface area contributed by atoms with Gasteiger partial charge in [-0.05, 0) is 61.0 Å². The molecule has 0 N–H and O–H groups in total. The minimum absolute atomic E-state index is 0.0232. The molecule has 0 unspecified atom stereocenters. The number of halogens is 1. The van der Waals surface area contributed by atoms with E-state index >= 15 is 0 Å². The Kier molecular flexibility index (Phi) is 5.01. The predicted octanol–water partition coefficient (Wildman–Crippen LogP) is 4.83. The van der Waals surface area contributed by atoms with Crippen LogP contribution in [0.5, 0.6) is 0 Å². The van der Waals surface area contributed by atoms with Crippen molar-refractivity contribution in [2.45, 2.75) is 17.8 Å². The minimum Gasteiger partial charge on any atom is -0.336 e. The molecule has 1 spiro atoms. The van der Waals surface area contributed by atoms with Crippen molar-refractivity contribution in [1.82, 2.24) is 9.80 Å². The predicted molar refractivity (Wildman–Crippen MR) is 134 cm³/mol. The number of carbonyl (C=O) groups excluding carboxylic acids is 2. The molecular formula is C28H26ClN3O2. The number of piperazine rings is 1. The van der Waals surface area contributed by atoms with Crippen molar-refractivity contribution < 1.29 is 9.59 Å². The first-order valence-corrected chi connectivity index (χ1v) is 12.1. The standard InChI is InChI=1S/C28H26ClN3O2/c1-30-13-15-31(16-14-30)26(33)20-5-4-6-22(17-20)32-25-8-3-2-7-23(25)28(27(32)34)18-24(28)19-9-11-21(29)12-10-19/h2-12,17,24H,13-16,18H2,1H3/t24-,28-/m1/s1. The average molecular weight is 472 g/mol. The van der Waals surface area contributed by atoms with Gasteiger partial charge >= 0.3 is 0 Å². The molecule has 3 aliphatic rings. The van der Waals surface area contributed by atoms with Gasteiger partial charge in [-0.2, -0.15) is 0 Å². The summed E-state index contributed by atoms with van der Waals surface area (Å²) in [6.07, 6.45) is 0.779. The summed E-state index contributed by atoms with van der Waals surface area (Å²) in [7, 11) is 2.07. The summed E-state index contributed by atoms with van der Waals surface area (Å²) in [5, 5.41) is 0.694. The van der Waals surface area contributed by atoms with Gasteiger partial charge in [-0.15, -0.1) is 0 Å². The molecule has 34 heavy (non-hydrogen) atoms. The van der Waals surface area contributed by atoms with Gasteiger partial charge in [0.15, 0.2) is 0 Å². The second-order valence-corrected chi connectivity index (χ2v) is 10.0. The summed E-state index contributed by atoms with van der Waals surface area (Å²) in [6.45, 7) is 3.18. The molecule has 3 aromatic rings. The molecule has 5 nitrogen and oxygen atoms in total. The van der Waals surface area contributed by atoms with Crippen molar-refractivity contribution in [3.05, 3.63) is 94.5 Å². The molecular weight excluding hydrogens is 446 g/mol. The first-order chi connectivity index (χ1) is 16.5. The number of anilines is 2. The van der Waals surface area contributed by atoms with Crippen LogP contribution in [-0.2, 0) is 10.2 Å². The Labute approximate surface area is 204 Å². The largest absolute Gasteiger partial charge is 0.336 e. The first-order valence-electron chi connectivity index (χ1n) is 11.8. The Hall–Kier alpha value is -3.15. The number of amides is 2. The zero-order chi connectivity index (χ0) is 23.4. The summed E-state index contributed by atoms with van der Waals surface area (Å²) >= 11 is 6.10. The van der Waals surface area contributed by atoms with Crippen molar-refractivity contribution in [1.29, 1.82) is 0 Å². The van der Waals surface area contributed by atoms with Gasteiger partial charge in [0, 0.05) is 48.4 Å². The first kappa shape index (κ1) is 21.4. The highest BCUT2D eigenvalue weighted by atomic mass is 35.5. The molecule has 172 valence electrons. The Morgan fingerprint density at radius 3 is 2.44 bits per heavy atom. The van der Waals surface area contributed by atoms with E-state index in [-0.39, 0.29) is 17.7 Å². The van der Waals surface area contributed by atoms with Crippen LogP contribution in [0.4, 0.5) is 11.4 Å².